The average molecular weight is 1050 g/mol. The zero-order chi connectivity index (χ0) is 54.8. The van der Waals surface area contributed by atoms with Crippen molar-refractivity contribution in [1.29, 1.82) is 0 Å². The summed E-state index contributed by atoms with van der Waals surface area (Å²) < 4.78 is 22.7. The van der Waals surface area contributed by atoms with E-state index in [4.69, 9.17) is 18.9 Å². The number of ether oxygens (including phenoxy) is 4. The van der Waals surface area contributed by atoms with Gasteiger partial charge in [0.25, 0.3) is 0 Å². The summed E-state index contributed by atoms with van der Waals surface area (Å²) in [6.07, 6.45) is 72.1. The molecule has 9 heteroatoms. The number of carbonyl (C=O) groups is 3. The van der Waals surface area contributed by atoms with E-state index < -0.39 is 24.3 Å². The third kappa shape index (κ3) is 58.0. The Morgan fingerprint density at radius 3 is 1.13 bits per heavy atom. The molecule has 0 spiro atoms. The van der Waals surface area contributed by atoms with Crippen LogP contribution in [-0.4, -0.2) is 82.3 Å². The van der Waals surface area contributed by atoms with Gasteiger partial charge in [-0.2, -0.15) is 0 Å². The molecule has 0 aliphatic carbocycles. The van der Waals surface area contributed by atoms with Crippen LogP contribution in [0.4, 0.5) is 0 Å². The number of nitrogens with zero attached hydrogens (tertiary/aromatic N) is 1. The van der Waals surface area contributed by atoms with E-state index in [1.807, 2.05) is 21.1 Å². The fraction of sp³-hybridized carbons (Fsp3) is 0.742. The van der Waals surface area contributed by atoms with E-state index >= 15 is 0 Å². The van der Waals surface area contributed by atoms with Crippen LogP contribution in [0.5, 0.6) is 0 Å². The van der Waals surface area contributed by atoms with E-state index in [0.29, 0.717) is 17.4 Å². The molecule has 0 aliphatic rings. The minimum atomic E-state index is -1.63. The SMILES string of the molecule is CC/C=C\C/C=C\C/C=C\C/C=C\CCCCCCCCC(=O)OC(COC(=O)CCCCCCCCCCCCCCCCCC/C=C\C/C=C\C/C=C\CCCCCCC)COC(OCC[N+](C)(C)C)C(=O)[O-]. The molecule has 0 heterocycles. The molecule has 0 bridgehead atoms. The van der Waals surface area contributed by atoms with Crippen LogP contribution < -0.4 is 5.11 Å². The molecule has 2 unspecified atom stereocenters. The highest BCUT2D eigenvalue weighted by Gasteiger charge is 2.22. The number of quaternary nitrogens is 1. The van der Waals surface area contributed by atoms with Crippen LogP contribution in [0.15, 0.2) is 85.1 Å². The summed E-state index contributed by atoms with van der Waals surface area (Å²) in [4.78, 5) is 37.3. The fourth-order valence-corrected chi connectivity index (χ4v) is 8.42. The van der Waals surface area contributed by atoms with Crippen LogP contribution in [0.1, 0.15) is 258 Å². The summed E-state index contributed by atoms with van der Waals surface area (Å²) in [5.41, 5.74) is 0. The molecule has 75 heavy (non-hydrogen) atoms. The molecule has 9 nitrogen and oxygen atoms in total. The van der Waals surface area contributed by atoms with E-state index in [1.54, 1.807) is 0 Å². The van der Waals surface area contributed by atoms with Gasteiger partial charge < -0.3 is 33.3 Å². The Morgan fingerprint density at radius 1 is 0.413 bits per heavy atom. The van der Waals surface area contributed by atoms with Gasteiger partial charge in [0.05, 0.1) is 40.3 Å². The Balaban J connectivity index is 4.16. The Hall–Kier alpha value is -3.53. The molecule has 0 aromatic heterocycles. The van der Waals surface area contributed by atoms with E-state index in [-0.39, 0.29) is 38.6 Å². The number of esters is 2. The lowest BCUT2D eigenvalue weighted by Gasteiger charge is -2.26. The number of likely N-dealkylation sites (N-methyl/N-ethyl adjacent to an activating group) is 1. The van der Waals surface area contributed by atoms with Crippen molar-refractivity contribution in [3.63, 3.8) is 0 Å². The van der Waals surface area contributed by atoms with Crippen LogP contribution in [0.2, 0.25) is 0 Å². The van der Waals surface area contributed by atoms with Gasteiger partial charge in [0, 0.05) is 12.8 Å². The average Bonchev–Trinajstić information content (AvgIpc) is 3.38. The number of allylic oxidation sites excluding steroid dienone is 14. The van der Waals surface area contributed by atoms with Gasteiger partial charge in [-0.05, 0) is 89.9 Å². The zero-order valence-electron chi connectivity index (χ0n) is 49.1. The Kier molecular flexibility index (Phi) is 54.0. The number of carboxylic acids is 1. The van der Waals surface area contributed by atoms with Gasteiger partial charge in [-0.3, -0.25) is 9.59 Å². The van der Waals surface area contributed by atoms with Gasteiger partial charge >= 0.3 is 11.9 Å². The van der Waals surface area contributed by atoms with E-state index in [9.17, 15) is 19.5 Å². The predicted octanol–water partition coefficient (Wildman–Crippen LogP) is 17.0. The minimum Gasteiger partial charge on any atom is -0.545 e. The number of hydrogen-bond donors (Lipinski definition) is 0. The second kappa shape index (κ2) is 56.7. The second-order valence-corrected chi connectivity index (χ2v) is 21.6. The topological polar surface area (TPSA) is 111 Å². The van der Waals surface area contributed by atoms with Crippen molar-refractivity contribution < 1.29 is 42.9 Å². The Labute approximate surface area is 461 Å². The third-order valence-corrected chi connectivity index (χ3v) is 13.1. The number of carboxylic acid groups (broad SMARTS) is 1. The minimum absolute atomic E-state index is 0.141. The van der Waals surface area contributed by atoms with E-state index in [1.165, 1.54) is 128 Å². The van der Waals surface area contributed by atoms with Gasteiger partial charge in [-0.15, -0.1) is 0 Å². The second-order valence-electron chi connectivity index (χ2n) is 21.6. The first kappa shape index (κ1) is 71.5. The maximum Gasteiger partial charge on any atom is 0.306 e. The molecule has 0 aromatic carbocycles. The quantitative estimate of drug-likeness (QED) is 0.0195. The number of aliphatic carboxylic acids is 1. The molecule has 2 atom stereocenters. The lowest BCUT2D eigenvalue weighted by Crippen LogP contribution is -2.44. The molecule has 0 radical (unpaired) electrons. The van der Waals surface area contributed by atoms with Crippen molar-refractivity contribution in [3.05, 3.63) is 85.1 Å². The van der Waals surface area contributed by atoms with Gasteiger partial charge in [0.2, 0.25) is 0 Å². The molecule has 432 valence electrons. The first-order valence-electron chi connectivity index (χ1n) is 30.7. The largest absolute Gasteiger partial charge is 0.545 e. The van der Waals surface area contributed by atoms with Crippen molar-refractivity contribution in [2.75, 3.05) is 47.5 Å². The standard InChI is InChI=1S/C66H115NO8/c1-6-8-10-12-14-16-18-20-22-24-26-27-28-29-30-31-32-33-34-35-36-37-39-40-42-44-46-48-50-52-54-56-63(68)73-60-62(61-74-66(65(70)71)72-59-58-67(3,4)5)75-64(69)57-55-53-51-49-47-45-43-41-38-25-23-21-19-17-15-13-11-9-7-2/h9,11,15,17-18,20-21,23-24,26,28-29,38,41,62,66H,6-8,10,12-14,16,19,22,25,27,30-37,39-40,42-61H2,1-5H3/b11-9-,17-15-,20-18-,23-21-,26-24-,29-28-,41-38-. The summed E-state index contributed by atoms with van der Waals surface area (Å²) in [6.45, 7) is 4.62. The Morgan fingerprint density at radius 2 is 0.760 bits per heavy atom. The number of rotatable bonds is 56. The van der Waals surface area contributed by atoms with Gasteiger partial charge in [0.15, 0.2) is 12.4 Å². The number of unbranched alkanes of at least 4 members (excludes halogenated alkanes) is 27. The van der Waals surface area contributed by atoms with Gasteiger partial charge in [0.1, 0.15) is 13.2 Å². The van der Waals surface area contributed by atoms with Crippen LogP contribution in [0, 0.1) is 0 Å². The Bertz CT molecular complexity index is 1500. The highest BCUT2D eigenvalue weighted by molar-refractivity contribution is 5.70. The molecule has 0 saturated carbocycles. The van der Waals surface area contributed by atoms with Crippen molar-refractivity contribution >= 4 is 17.9 Å². The first-order valence-corrected chi connectivity index (χ1v) is 30.7. The zero-order valence-corrected chi connectivity index (χ0v) is 49.1. The number of hydrogen-bond acceptors (Lipinski definition) is 8. The fourth-order valence-electron chi connectivity index (χ4n) is 8.42. The normalized spacial score (nSPS) is 13.3. The summed E-state index contributed by atoms with van der Waals surface area (Å²) in [5.74, 6) is -2.30. The van der Waals surface area contributed by atoms with Gasteiger partial charge in [-0.1, -0.05) is 240 Å². The molecule has 0 aromatic rings. The smallest absolute Gasteiger partial charge is 0.306 e. The molecule has 0 amide bonds. The van der Waals surface area contributed by atoms with Crippen molar-refractivity contribution in [2.45, 2.75) is 270 Å². The molecule has 0 saturated heterocycles. The van der Waals surface area contributed by atoms with Crippen molar-refractivity contribution in [1.82, 2.24) is 0 Å². The van der Waals surface area contributed by atoms with Crippen molar-refractivity contribution in [2.24, 2.45) is 0 Å². The molecule has 0 fully saturated rings. The van der Waals surface area contributed by atoms with Crippen molar-refractivity contribution in [3.8, 4) is 0 Å². The molecular formula is C66H115NO8. The van der Waals surface area contributed by atoms with Gasteiger partial charge in [-0.25, -0.2) is 0 Å². The highest BCUT2D eigenvalue weighted by Crippen LogP contribution is 2.16. The third-order valence-electron chi connectivity index (χ3n) is 13.1. The maximum absolute atomic E-state index is 12.9. The maximum atomic E-state index is 12.9. The first-order chi connectivity index (χ1) is 36.6. The lowest BCUT2D eigenvalue weighted by atomic mass is 10.0. The lowest BCUT2D eigenvalue weighted by molar-refractivity contribution is -0.870. The summed E-state index contributed by atoms with van der Waals surface area (Å²) in [6, 6.07) is 0. The summed E-state index contributed by atoms with van der Waals surface area (Å²) in [7, 11) is 5.91. The monoisotopic (exact) mass is 1050 g/mol. The van der Waals surface area contributed by atoms with Crippen LogP contribution in [-0.2, 0) is 33.3 Å². The van der Waals surface area contributed by atoms with E-state index in [2.05, 4.69) is 98.9 Å². The summed E-state index contributed by atoms with van der Waals surface area (Å²) >= 11 is 0. The summed E-state index contributed by atoms with van der Waals surface area (Å²) in [5, 5.41) is 11.8. The molecular weight excluding hydrogens is 935 g/mol. The number of carbonyl (C=O) groups excluding carboxylic acids is 3. The van der Waals surface area contributed by atoms with Crippen LogP contribution in [0.25, 0.3) is 0 Å². The molecule has 0 aliphatic heterocycles. The van der Waals surface area contributed by atoms with Crippen LogP contribution in [0.3, 0.4) is 0 Å². The highest BCUT2D eigenvalue weighted by atomic mass is 16.7. The van der Waals surface area contributed by atoms with Crippen LogP contribution >= 0.6 is 0 Å². The predicted molar refractivity (Wildman–Crippen MR) is 315 cm³/mol. The molecule has 0 rings (SSSR count). The molecule has 0 N–H and O–H groups in total. The van der Waals surface area contributed by atoms with E-state index in [0.717, 1.165) is 96.3 Å².